The Bertz CT molecular complexity index is 1340. The molecule has 0 atom stereocenters. The van der Waals surface area contributed by atoms with Gasteiger partial charge in [0.1, 0.15) is 12.9 Å². The lowest BCUT2D eigenvalue weighted by molar-refractivity contribution is 0.281. The first kappa shape index (κ1) is 18.0. The number of methoxy groups -OCH3 is 1. The highest BCUT2D eigenvalue weighted by Gasteiger charge is 2.13. The third-order valence-electron chi connectivity index (χ3n) is 4.91. The molecule has 6 nitrogen and oxygen atoms in total. The predicted molar refractivity (Wildman–Crippen MR) is 115 cm³/mol. The van der Waals surface area contributed by atoms with Crippen molar-refractivity contribution in [2.75, 3.05) is 7.11 Å². The summed E-state index contributed by atoms with van der Waals surface area (Å²) in [4.78, 5) is 17.6. The van der Waals surface area contributed by atoms with Gasteiger partial charge in [0.2, 0.25) is 0 Å². The minimum absolute atomic E-state index is 0.328. The summed E-state index contributed by atoms with van der Waals surface area (Å²) in [6.07, 6.45) is 5.04. The second-order valence-corrected chi connectivity index (χ2v) is 6.76. The van der Waals surface area contributed by atoms with Gasteiger partial charge in [-0.3, -0.25) is 4.98 Å². The molecule has 0 saturated carbocycles. The van der Waals surface area contributed by atoms with Crippen LogP contribution in [0.25, 0.3) is 33.1 Å². The van der Waals surface area contributed by atoms with Crippen LogP contribution >= 0.6 is 0 Å². The normalized spacial score (nSPS) is 11.0. The quantitative estimate of drug-likeness (QED) is 0.425. The minimum Gasteiger partial charge on any atom is -0.493 e. The van der Waals surface area contributed by atoms with Crippen LogP contribution in [-0.2, 0) is 6.61 Å². The molecule has 0 bridgehead atoms. The molecule has 146 valence electrons. The van der Waals surface area contributed by atoms with E-state index in [9.17, 15) is 0 Å². The van der Waals surface area contributed by atoms with Crippen LogP contribution in [0.4, 0.5) is 0 Å². The summed E-state index contributed by atoms with van der Waals surface area (Å²) in [5.74, 6) is 1.23. The molecule has 0 aliphatic heterocycles. The van der Waals surface area contributed by atoms with Gasteiger partial charge in [0.05, 0.1) is 29.5 Å². The molecule has 0 N–H and O–H groups in total. The van der Waals surface area contributed by atoms with Crippen LogP contribution in [0.15, 0.2) is 79.4 Å². The van der Waals surface area contributed by atoms with Crippen molar-refractivity contribution in [2.45, 2.75) is 6.61 Å². The van der Waals surface area contributed by atoms with E-state index in [2.05, 4.69) is 19.9 Å². The second-order valence-electron chi connectivity index (χ2n) is 6.76. The third-order valence-corrected chi connectivity index (χ3v) is 4.91. The molecule has 0 spiro atoms. The molecule has 0 radical (unpaired) electrons. The number of benzene rings is 2. The summed E-state index contributed by atoms with van der Waals surface area (Å²) in [5.41, 5.74) is 4.35. The lowest BCUT2D eigenvalue weighted by Gasteiger charge is -2.13. The first-order valence-corrected chi connectivity index (χ1v) is 9.52. The summed E-state index contributed by atoms with van der Waals surface area (Å²) in [6, 6.07) is 19.7. The molecule has 0 saturated heterocycles. The fraction of sp³-hybridized carbons (Fsp3) is 0.0833. The van der Waals surface area contributed by atoms with Gasteiger partial charge in [-0.25, -0.2) is 15.0 Å². The Morgan fingerprint density at radius 3 is 2.57 bits per heavy atom. The van der Waals surface area contributed by atoms with E-state index in [4.69, 9.17) is 9.47 Å². The van der Waals surface area contributed by atoms with Gasteiger partial charge < -0.3 is 9.47 Å². The van der Waals surface area contributed by atoms with E-state index >= 15 is 0 Å². The van der Waals surface area contributed by atoms with Crippen LogP contribution in [0.1, 0.15) is 5.69 Å². The minimum atomic E-state index is 0.328. The standard InChI is InChI=1S/C24H18N4O2/c1-29-22-12-19-21(26-15-27-24(19)17-8-10-25-11-9-17)13-23(22)30-14-18-7-6-16-4-2-3-5-20(16)28-18/h2-13,15H,14H2,1H3. The van der Waals surface area contributed by atoms with E-state index in [1.54, 1.807) is 25.8 Å². The number of fused-ring (bicyclic) bond motifs is 2. The lowest BCUT2D eigenvalue weighted by Crippen LogP contribution is -2.01. The molecule has 6 heteroatoms. The number of nitrogens with zero attached hydrogens (tertiary/aromatic N) is 4. The average molecular weight is 394 g/mol. The molecule has 2 aromatic carbocycles. The Morgan fingerprint density at radius 1 is 0.833 bits per heavy atom. The van der Waals surface area contributed by atoms with Crippen molar-refractivity contribution in [3.05, 3.63) is 85.1 Å². The monoisotopic (exact) mass is 394 g/mol. The van der Waals surface area contributed by atoms with Gasteiger partial charge in [-0.15, -0.1) is 0 Å². The van der Waals surface area contributed by atoms with Crippen LogP contribution in [0.3, 0.4) is 0 Å². The molecule has 3 heterocycles. The number of ether oxygens (including phenoxy) is 2. The van der Waals surface area contributed by atoms with Gasteiger partial charge in [0.15, 0.2) is 11.5 Å². The summed E-state index contributed by atoms with van der Waals surface area (Å²) in [7, 11) is 1.62. The number of rotatable bonds is 5. The largest absolute Gasteiger partial charge is 0.493 e. The Labute approximate surface area is 173 Å². The van der Waals surface area contributed by atoms with Crippen LogP contribution in [0.2, 0.25) is 0 Å². The van der Waals surface area contributed by atoms with Crippen molar-refractivity contribution in [1.29, 1.82) is 0 Å². The molecule has 3 aromatic heterocycles. The van der Waals surface area contributed by atoms with Gasteiger partial charge in [0.25, 0.3) is 0 Å². The molecular formula is C24H18N4O2. The maximum atomic E-state index is 6.06. The maximum absolute atomic E-state index is 6.06. The predicted octanol–water partition coefficient (Wildman–Crippen LogP) is 4.83. The number of aromatic nitrogens is 4. The van der Waals surface area contributed by atoms with Crippen LogP contribution in [-0.4, -0.2) is 27.0 Å². The zero-order chi connectivity index (χ0) is 20.3. The molecule has 0 fully saturated rings. The third kappa shape index (κ3) is 3.39. The SMILES string of the molecule is COc1cc2c(-c3ccncc3)ncnc2cc1OCc1ccc2ccccc2n1. The molecule has 5 rings (SSSR count). The van der Waals surface area contributed by atoms with Crippen molar-refractivity contribution in [3.63, 3.8) is 0 Å². The Balaban J connectivity index is 1.49. The molecule has 0 amide bonds. The molecule has 5 aromatic rings. The van der Waals surface area contributed by atoms with Crippen molar-refractivity contribution in [1.82, 2.24) is 19.9 Å². The smallest absolute Gasteiger partial charge is 0.163 e. The highest BCUT2D eigenvalue weighted by atomic mass is 16.5. The van der Waals surface area contributed by atoms with E-state index in [0.29, 0.717) is 18.1 Å². The van der Waals surface area contributed by atoms with Crippen molar-refractivity contribution < 1.29 is 9.47 Å². The first-order chi connectivity index (χ1) is 14.8. The zero-order valence-corrected chi connectivity index (χ0v) is 16.3. The van der Waals surface area contributed by atoms with Gasteiger partial charge in [0, 0.05) is 34.8 Å². The lowest BCUT2D eigenvalue weighted by atomic mass is 10.1. The van der Waals surface area contributed by atoms with E-state index in [-0.39, 0.29) is 0 Å². The van der Waals surface area contributed by atoms with E-state index in [0.717, 1.165) is 38.8 Å². The topological polar surface area (TPSA) is 70.0 Å². The van der Waals surface area contributed by atoms with Gasteiger partial charge in [-0.1, -0.05) is 24.3 Å². The number of para-hydroxylation sites is 1. The summed E-state index contributed by atoms with van der Waals surface area (Å²) >= 11 is 0. The van der Waals surface area contributed by atoms with Crippen molar-refractivity contribution in [3.8, 4) is 22.8 Å². The highest BCUT2D eigenvalue weighted by molar-refractivity contribution is 5.94. The number of hydrogen-bond acceptors (Lipinski definition) is 6. The summed E-state index contributed by atoms with van der Waals surface area (Å²) < 4.78 is 11.6. The summed E-state index contributed by atoms with van der Waals surface area (Å²) in [6.45, 7) is 0.328. The van der Waals surface area contributed by atoms with E-state index in [1.165, 1.54) is 0 Å². The molecular weight excluding hydrogens is 376 g/mol. The average Bonchev–Trinajstić information content (AvgIpc) is 2.82. The Kier molecular flexibility index (Phi) is 4.65. The Morgan fingerprint density at radius 2 is 1.70 bits per heavy atom. The number of hydrogen-bond donors (Lipinski definition) is 0. The molecule has 0 unspecified atom stereocenters. The highest BCUT2D eigenvalue weighted by Crippen LogP contribution is 2.35. The van der Waals surface area contributed by atoms with Crippen molar-refractivity contribution >= 4 is 21.8 Å². The maximum Gasteiger partial charge on any atom is 0.163 e. The van der Waals surface area contributed by atoms with E-state index < -0.39 is 0 Å². The van der Waals surface area contributed by atoms with Gasteiger partial charge in [-0.05, 0) is 30.3 Å². The van der Waals surface area contributed by atoms with Gasteiger partial charge >= 0.3 is 0 Å². The Hall–Kier alpha value is -4.06. The molecule has 0 aliphatic rings. The summed E-state index contributed by atoms with van der Waals surface area (Å²) in [5, 5.41) is 1.99. The second kappa shape index (κ2) is 7.75. The van der Waals surface area contributed by atoms with Crippen LogP contribution < -0.4 is 9.47 Å². The molecule has 30 heavy (non-hydrogen) atoms. The van der Waals surface area contributed by atoms with Crippen LogP contribution in [0.5, 0.6) is 11.5 Å². The fourth-order valence-corrected chi connectivity index (χ4v) is 3.42. The first-order valence-electron chi connectivity index (χ1n) is 9.52. The van der Waals surface area contributed by atoms with Crippen LogP contribution in [0, 0.1) is 0 Å². The van der Waals surface area contributed by atoms with E-state index in [1.807, 2.05) is 60.7 Å². The molecule has 0 aliphatic carbocycles. The van der Waals surface area contributed by atoms with Gasteiger partial charge in [-0.2, -0.15) is 0 Å². The zero-order valence-electron chi connectivity index (χ0n) is 16.3. The van der Waals surface area contributed by atoms with Crippen molar-refractivity contribution in [2.24, 2.45) is 0 Å². The fourth-order valence-electron chi connectivity index (χ4n) is 3.42. The number of pyridine rings is 2.